The molecule has 0 saturated heterocycles. The molecule has 9 heteroatoms. The molecule has 0 aliphatic carbocycles. The van der Waals surface area contributed by atoms with Crippen molar-refractivity contribution in [2.75, 3.05) is 5.32 Å². The van der Waals surface area contributed by atoms with Crippen molar-refractivity contribution in [2.24, 2.45) is 0 Å². The summed E-state index contributed by atoms with van der Waals surface area (Å²) in [5, 5.41) is 14.3. The molecule has 32 heavy (non-hydrogen) atoms. The van der Waals surface area contributed by atoms with Crippen LogP contribution in [0, 0.1) is 18.6 Å². The van der Waals surface area contributed by atoms with Gasteiger partial charge in [-0.05, 0) is 37.1 Å². The number of anilines is 1. The van der Waals surface area contributed by atoms with Crippen molar-refractivity contribution in [1.82, 2.24) is 0 Å². The molecule has 0 atom stereocenters. The summed E-state index contributed by atoms with van der Waals surface area (Å²) >= 11 is 7.04. The van der Waals surface area contributed by atoms with Gasteiger partial charge in [-0.15, -0.1) is 11.3 Å². The van der Waals surface area contributed by atoms with Gasteiger partial charge in [0.1, 0.15) is 22.9 Å². The van der Waals surface area contributed by atoms with E-state index in [4.69, 9.17) is 16.3 Å². The third-order valence-electron chi connectivity index (χ3n) is 4.45. The molecule has 1 heterocycles. The monoisotopic (exact) mass is 477 g/mol. The Morgan fingerprint density at radius 1 is 1.22 bits per heavy atom. The molecule has 5 nitrogen and oxygen atoms in total. The number of ether oxygens (including phenoxy) is 1. The van der Waals surface area contributed by atoms with Gasteiger partial charge in [-0.1, -0.05) is 30.7 Å². The van der Waals surface area contributed by atoms with Crippen molar-refractivity contribution < 1.29 is 28.2 Å². The standard InChI is InChI=1S/C23H18ClF2NO4S/c1-3-4-18(31-19-10-15(25)9-16(26)12(19)2)22(28)27-17-11-32-21(20(17)23(29)30)13-5-7-14(24)8-6-13/h4-11H,3H2,1-2H3,(H,27,28)(H,29,30). The van der Waals surface area contributed by atoms with E-state index in [0.717, 1.165) is 17.4 Å². The highest BCUT2D eigenvalue weighted by molar-refractivity contribution is 7.14. The molecule has 0 aliphatic rings. The van der Waals surface area contributed by atoms with Gasteiger partial charge in [0.25, 0.3) is 5.91 Å². The molecule has 3 aromatic rings. The SMILES string of the molecule is CCC=C(Oc1cc(F)cc(F)c1C)C(=O)Nc1csc(-c2ccc(Cl)cc2)c1C(=O)O. The minimum atomic E-state index is -1.23. The van der Waals surface area contributed by atoms with Gasteiger partial charge in [0.2, 0.25) is 0 Å². The first-order chi connectivity index (χ1) is 15.2. The predicted molar refractivity (Wildman–Crippen MR) is 120 cm³/mol. The first kappa shape index (κ1) is 23.4. The maximum absolute atomic E-state index is 13.8. The Morgan fingerprint density at radius 2 is 1.91 bits per heavy atom. The van der Waals surface area contributed by atoms with Crippen molar-refractivity contribution in [1.29, 1.82) is 0 Å². The summed E-state index contributed by atoms with van der Waals surface area (Å²) in [7, 11) is 0. The molecular formula is C23H18ClF2NO4S. The van der Waals surface area contributed by atoms with E-state index >= 15 is 0 Å². The number of hydrogen-bond acceptors (Lipinski definition) is 4. The zero-order valence-corrected chi connectivity index (χ0v) is 18.6. The molecule has 0 aliphatic heterocycles. The number of hydrogen-bond donors (Lipinski definition) is 2. The molecule has 1 aromatic heterocycles. The molecular weight excluding hydrogens is 460 g/mol. The zero-order chi connectivity index (χ0) is 23.4. The first-order valence-electron chi connectivity index (χ1n) is 9.47. The Kier molecular flexibility index (Phi) is 7.27. The van der Waals surface area contributed by atoms with Crippen molar-refractivity contribution in [3.63, 3.8) is 0 Å². The highest BCUT2D eigenvalue weighted by Gasteiger charge is 2.23. The molecule has 0 radical (unpaired) electrons. The van der Waals surface area contributed by atoms with E-state index in [1.54, 1.807) is 31.2 Å². The van der Waals surface area contributed by atoms with Gasteiger partial charge in [-0.25, -0.2) is 13.6 Å². The predicted octanol–water partition coefficient (Wildman–Crippen LogP) is 6.66. The van der Waals surface area contributed by atoms with Crippen LogP contribution in [0.4, 0.5) is 14.5 Å². The summed E-state index contributed by atoms with van der Waals surface area (Å²) < 4.78 is 33.0. The molecule has 0 saturated carbocycles. The van der Waals surface area contributed by atoms with E-state index < -0.39 is 23.5 Å². The van der Waals surface area contributed by atoms with E-state index in [0.29, 0.717) is 28.0 Å². The molecule has 166 valence electrons. The molecule has 2 N–H and O–H groups in total. The summed E-state index contributed by atoms with van der Waals surface area (Å²) in [6.45, 7) is 3.15. The van der Waals surface area contributed by atoms with Gasteiger partial charge in [-0.2, -0.15) is 0 Å². The van der Waals surface area contributed by atoms with Crippen molar-refractivity contribution in [3.05, 3.63) is 81.4 Å². The van der Waals surface area contributed by atoms with Gasteiger partial charge in [0, 0.05) is 28.1 Å². The van der Waals surface area contributed by atoms with Gasteiger partial charge in [0.15, 0.2) is 5.76 Å². The number of carbonyl (C=O) groups excluding carboxylic acids is 1. The molecule has 0 unspecified atom stereocenters. The molecule has 3 rings (SSSR count). The second-order valence-corrected chi connectivity index (χ2v) is 8.03. The molecule has 1 amide bonds. The van der Waals surface area contributed by atoms with Crippen LogP contribution >= 0.6 is 22.9 Å². The van der Waals surface area contributed by atoms with E-state index in [1.807, 2.05) is 0 Å². The number of benzene rings is 2. The third-order valence-corrected chi connectivity index (χ3v) is 5.74. The van der Waals surface area contributed by atoms with E-state index in [-0.39, 0.29) is 28.3 Å². The van der Waals surface area contributed by atoms with Crippen molar-refractivity contribution in [2.45, 2.75) is 20.3 Å². The number of rotatable bonds is 7. The maximum Gasteiger partial charge on any atom is 0.339 e. The Hall–Kier alpha value is -3.23. The average molecular weight is 478 g/mol. The lowest BCUT2D eigenvalue weighted by Crippen LogP contribution is -2.20. The normalized spacial score (nSPS) is 11.3. The minimum absolute atomic E-state index is 0.0352. The van der Waals surface area contributed by atoms with Gasteiger partial charge < -0.3 is 15.2 Å². The average Bonchev–Trinajstić information content (AvgIpc) is 3.15. The number of carbonyl (C=O) groups is 2. The molecule has 0 bridgehead atoms. The molecule has 2 aromatic carbocycles. The van der Waals surface area contributed by atoms with Crippen molar-refractivity contribution >= 4 is 40.5 Å². The Morgan fingerprint density at radius 3 is 2.53 bits per heavy atom. The van der Waals surface area contributed by atoms with Crippen LogP contribution < -0.4 is 10.1 Å². The second kappa shape index (κ2) is 9.93. The van der Waals surface area contributed by atoms with Crippen LogP contribution in [0.2, 0.25) is 5.02 Å². The number of halogens is 3. The van der Waals surface area contributed by atoms with Crippen LogP contribution in [-0.2, 0) is 4.79 Å². The van der Waals surface area contributed by atoms with E-state index in [9.17, 15) is 23.5 Å². The molecule has 0 spiro atoms. The summed E-state index contributed by atoms with van der Waals surface area (Å²) in [5.74, 6) is -4.00. The Balaban J connectivity index is 1.92. The number of nitrogens with one attached hydrogen (secondary N) is 1. The number of allylic oxidation sites excluding steroid dienone is 1. The lowest BCUT2D eigenvalue weighted by atomic mass is 10.1. The van der Waals surface area contributed by atoms with Gasteiger partial charge in [-0.3, -0.25) is 4.79 Å². The van der Waals surface area contributed by atoms with Crippen LogP contribution in [0.25, 0.3) is 10.4 Å². The number of amides is 1. The van der Waals surface area contributed by atoms with Crippen LogP contribution in [0.15, 0.2) is 53.6 Å². The van der Waals surface area contributed by atoms with Gasteiger partial charge >= 0.3 is 5.97 Å². The highest BCUT2D eigenvalue weighted by atomic mass is 35.5. The quantitative estimate of drug-likeness (QED) is 0.294. The summed E-state index contributed by atoms with van der Waals surface area (Å²) in [5.41, 5.74) is 0.649. The smallest absolute Gasteiger partial charge is 0.339 e. The number of carboxylic acid groups (broad SMARTS) is 1. The lowest BCUT2D eigenvalue weighted by Gasteiger charge is -2.13. The fourth-order valence-electron chi connectivity index (χ4n) is 2.87. The van der Waals surface area contributed by atoms with Crippen LogP contribution in [0.5, 0.6) is 5.75 Å². The van der Waals surface area contributed by atoms with Crippen LogP contribution in [-0.4, -0.2) is 17.0 Å². The fraction of sp³-hybridized carbons (Fsp3) is 0.130. The van der Waals surface area contributed by atoms with E-state index in [2.05, 4.69) is 5.32 Å². The minimum Gasteiger partial charge on any atom is -0.478 e. The van der Waals surface area contributed by atoms with E-state index in [1.165, 1.54) is 18.4 Å². The molecule has 0 fully saturated rings. The largest absolute Gasteiger partial charge is 0.478 e. The number of aromatic carboxylic acids is 1. The van der Waals surface area contributed by atoms with Crippen molar-refractivity contribution in [3.8, 4) is 16.2 Å². The Labute approximate surface area is 191 Å². The number of carboxylic acids is 1. The third kappa shape index (κ3) is 5.15. The number of thiophene rings is 1. The maximum atomic E-state index is 13.8. The summed E-state index contributed by atoms with van der Waals surface area (Å²) in [6.07, 6.45) is 1.83. The summed E-state index contributed by atoms with van der Waals surface area (Å²) in [6, 6.07) is 8.32. The first-order valence-corrected chi connectivity index (χ1v) is 10.7. The van der Waals surface area contributed by atoms with Gasteiger partial charge in [0.05, 0.1) is 10.6 Å². The topological polar surface area (TPSA) is 75.6 Å². The fourth-order valence-corrected chi connectivity index (χ4v) is 4.00. The lowest BCUT2D eigenvalue weighted by molar-refractivity contribution is -0.114. The summed E-state index contributed by atoms with van der Waals surface area (Å²) in [4.78, 5) is 25.2. The zero-order valence-electron chi connectivity index (χ0n) is 17.0. The Bertz CT molecular complexity index is 1210. The highest BCUT2D eigenvalue weighted by Crippen LogP contribution is 2.37. The van der Waals surface area contributed by atoms with Crippen LogP contribution in [0.1, 0.15) is 29.3 Å². The van der Waals surface area contributed by atoms with Crippen LogP contribution in [0.3, 0.4) is 0 Å². The second-order valence-electron chi connectivity index (χ2n) is 6.71.